The molecule has 1 unspecified atom stereocenters. The second-order valence-corrected chi connectivity index (χ2v) is 7.39. The highest BCUT2D eigenvalue weighted by molar-refractivity contribution is 5.74. The third-order valence-corrected chi connectivity index (χ3v) is 5.62. The Balaban J connectivity index is 1.29. The van der Waals surface area contributed by atoms with E-state index in [9.17, 15) is 4.79 Å². The molecule has 2 heterocycles. The third-order valence-electron chi connectivity index (χ3n) is 5.62. The standard InChI is InChI=1S/C20H26N4O2/c1-26-19-17-7-8-18(19)14-23(13-17)20(25)21-9-16-10-22-24(12-16)11-15-5-3-2-4-6-15/h2-6,10,12,17-19H,7-9,11,13-14H2,1H3,(H,21,25)/t17-,18+,19?. The number of piperidine rings is 1. The molecular formula is C20H26N4O2. The maximum atomic E-state index is 12.5. The van der Waals surface area contributed by atoms with Gasteiger partial charge in [-0.15, -0.1) is 0 Å². The molecule has 2 bridgehead atoms. The average Bonchev–Trinajstić information content (AvgIpc) is 3.21. The Labute approximate surface area is 154 Å². The van der Waals surface area contributed by atoms with Crippen LogP contribution in [0.25, 0.3) is 0 Å². The lowest BCUT2D eigenvalue weighted by Crippen LogP contribution is -2.51. The van der Waals surface area contributed by atoms with Gasteiger partial charge in [0.15, 0.2) is 0 Å². The normalized spacial score (nSPS) is 24.7. The number of likely N-dealkylation sites (tertiary alicyclic amines) is 1. The first kappa shape index (κ1) is 17.1. The number of carbonyl (C=O) groups is 1. The molecule has 2 fully saturated rings. The van der Waals surface area contributed by atoms with Crippen molar-refractivity contribution < 1.29 is 9.53 Å². The second kappa shape index (κ2) is 7.50. The molecule has 1 saturated carbocycles. The Hall–Kier alpha value is -2.34. The average molecular weight is 354 g/mol. The van der Waals surface area contributed by atoms with Crippen molar-refractivity contribution in [2.75, 3.05) is 20.2 Å². The molecule has 2 aromatic rings. The lowest BCUT2D eigenvalue weighted by atomic mass is 9.95. The number of hydrogen-bond donors (Lipinski definition) is 1. The Morgan fingerprint density at radius 2 is 1.92 bits per heavy atom. The molecule has 138 valence electrons. The van der Waals surface area contributed by atoms with Gasteiger partial charge in [0, 0.05) is 50.3 Å². The van der Waals surface area contributed by atoms with Crippen LogP contribution in [0.4, 0.5) is 4.79 Å². The van der Waals surface area contributed by atoms with Crippen molar-refractivity contribution in [1.82, 2.24) is 20.0 Å². The smallest absolute Gasteiger partial charge is 0.317 e. The van der Waals surface area contributed by atoms with Crippen molar-refractivity contribution >= 4 is 6.03 Å². The van der Waals surface area contributed by atoms with Crippen molar-refractivity contribution in [2.45, 2.75) is 32.0 Å². The fourth-order valence-corrected chi connectivity index (χ4v) is 4.37. The predicted octanol–water partition coefficient (Wildman–Crippen LogP) is 2.50. The summed E-state index contributed by atoms with van der Waals surface area (Å²) >= 11 is 0. The van der Waals surface area contributed by atoms with E-state index >= 15 is 0 Å². The number of amides is 2. The number of nitrogens with one attached hydrogen (secondary N) is 1. The highest BCUT2D eigenvalue weighted by atomic mass is 16.5. The first-order valence-corrected chi connectivity index (χ1v) is 9.34. The van der Waals surface area contributed by atoms with Gasteiger partial charge in [0.2, 0.25) is 0 Å². The zero-order chi connectivity index (χ0) is 17.9. The van der Waals surface area contributed by atoms with E-state index in [1.54, 1.807) is 7.11 Å². The van der Waals surface area contributed by atoms with Crippen LogP contribution in [0.2, 0.25) is 0 Å². The van der Waals surface area contributed by atoms with Crippen LogP contribution in [-0.4, -0.2) is 47.0 Å². The molecule has 1 aromatic heterocycles. The number of carbonyl (C=O) groups excluding carboxylic acids is 1. The fourth-order valence-electron chi connectivity index (χ4n) is 4.37. The van der Waals surface area contributed by atoms with Crippen molar-refractivity contribution in [1.29, 1.82) is 0 Å². The minimum atomic E-state index is 0.0206. The van der Waals surface area contributed by atoms with E-state index in [1.807, 2.05) is 40.2 Å². The molecule has 2 aliphatic rings. The maximum absolute atomic E-state index is 12.5. The molecule has 1 aliphatic heterocycles. The zero-order valence-electron chi connectivity index (χ0n) is 15.2. The summed E-state index contributed by atoms with van der Waals surface area (Å²) in [5.74, 6) is 0.969. The predicted molar refractivity (Wildman–Crippen MR) is 98.6 cm³/mol. The van der Waals surface area contributed by atoms with E-state index in [4.69, 9.17) is 4.74 Å². The van der Waals surface area contributed by atoms with Gasteiger partial charge in [0.1, 0.15) is 0 Å². The molecule has 1 saturated heterocycles. The van der Waals surface area contributed by atoms with Crippen molar-refractivity contribution in [3.05, 3.63) is 53.9 Å². The van der Waals surface area contributed by atoms with E-state index < -0.39 is 0 Å². The van der Waals surface area contributed by atoms with Crippen LogP contribution in [-0.2, 0) is 17.8 Å². The van der Waals surface area contributed by atoms with Crippen molar-refractivity contribution in [2.24, 2.45) is 11.8 Å². The zero-order valence-corrected chi connectivity index (χ0v) is 15.2. The first-order chi connectivity index (χ1) is 12.7. The number of aromatic nitrogens is 2. The summed E-state index contributed by atoms with van der Waals surface area (Å²) < 4.78 is 7.52. The van der Waals surface area contributed by atoms with Crippen LogP contribution in [0.15, 0.2) is 42.7 Å². The van der Waals surface area contributed by atoms with Gasteiger partial charge in [-0.3, -0.25) is 4.68 Å². The quantitative estimate of drug-likeness (QED) is 0.897. The monoisotopic (exact) mass is 354 g/mol. The Morgan fingerprint density at radius 1 is 1.19 bits per heavy atom. The second-order valence-electron chi connectivity index (χ2n) is 7.39. The van der Waals surface area contributed by atoms with Crippen LogP contribution in [0.3, 0.4) is 0 Å². The van der Waals surface area contributed by atoms with Gasteiger partial charge in [-0.1, -0.05) is 30.3 Å². The number of rotatable bonds is 5. The molecule has 1 N–H and O–H groups in total. The summed E-state index contributed by atoms with van der Waals surface area (Å²) in [6.45, 7) is 2.85. The fraction of sp³-hybridized carbons (Fsp3) is 0.500. The van der Waals surface area contributed by atoms with E-state index in [-0.39, 0.29) is 6.03 Å². The molecule has 4 rings (SSSR count). The summed E-state index contributed by atoms with van der Waals surface area (Å²) in [6, 6.07) is 10.3. The molecule has 1 aliphatic carbocycles. The van der Waals surface area contributed by atoms with Crippen LogP contribution < -0.4 is 5.32 Å². The lowest BCUT2D eigenvalue weighted by Gasteiger charge is -2.37. The van der Waals surface area contributed by atoms with Gasteiger partial charge in [0.25, 0.3) is 0 Å². The van der Waals surface area contributed by atoms with Gasteiger partial charge in [-0.25, -0.2) is 4.79 Å². The summed E-state index contributed by atoms with van der Waals surface area (Å²) in [4.78, 5) is 14.5. The van der Waals surface area contributed by atoms with E-state index in [1.165, 1.54) is 18.4 Å². The van der Waals surface area contributed by atoms with E-state index in [0.29, 0.717) is 24.5 Å². The van der Waals surface area contributed by atoms with Crippen LogP contribution >= 0.6 is 0 Å². The van der Waals surface area contributed by atoms with Crippen LogP contribution in [0.5, 0.6) is 0 Å². The van der Waals surface area contributed by atoms with E-state index in [2.05, 4.69) is 22.5 Å². The Morgan fingerprint density at radius 3 is 2.62 bits per heavy atom. The number of hydrogen-bond acceptors (Lipinski definition) is 3. The highest BCUT2D eigenvalue weighted by Gasteiger charge is 2.43. The largest absolute Gasteiger partial charge is 0.381 e. The topological polar surface area (TPSA) is 59.4 Å². The van der Waals surface area contributed by atoms with Gasteiger partial charge >= 0.3 is 6.03 Å². The van der Waals surface area contributed by atoms with Gasteiger partial charge in [-0.05, 0) is 18.4 Å². The minimum absolute atomic E-state index is 0.0206. The molecule has 3 atom stereocenters. The van der Waals surface area contributed by atoms with Crippen molar-refractivity contribution in [3.63, 3.8) is 0 Å². The molecular weight excluding hydrogens is 328 g/mol. The van der Waals surface area contributed by atoms with Crippen molar-refractivity contribution in [3.8, 4) is 0 Å². The summed E-state index contributed by atoms with van der Waals surface area (Å²) in [6.07, 6.45) is 6.48. The molecule has 2 amide bonds. The number of ether oxygens (including phenoxy) is 1. The molecule has 0 spiro atoms. The van der Waals surface area contributed by atoms with Crippen LogP contribution in [0, 0.1) is 11.8 Å². The SMILES string of the molecule is COC1[C@@H]2CC[C@H]1CN(C(=O)NCc1cnn(Cc3ccccc3)c1)C2. The molecule has 26 heavy (non-hydrogen) atoms. The number of fused-ring (bicyclic) bond motifs is 2. The third kappa shape index (κ3) is 3.60. The van der Waals surface area contributed by atoms with E-state index in [0.717, 1.165) is 25.2 Å². The first-order valence-electron chi connectivity index (χ1n) is 9.34. The number of methoxy groups -OCH3 is 1. The molecule has 6 heteroatoms. The summed E-state index contributed by atoms with van der Waals surface area (Å²) in [5, 5.41) is 7.43. The summed E-state index contributed by atoms with van der Waals surface area (Å²) in [5.41, 5.74) is 2.23. The molecule has 6 nitrogen and oxygen atoms in total. The lowest BCUT2D eigenvalue weighted by molar-refractivity contribution is -0.00509. The van der Waals surface area contributed by atoms with Crippen LogP contribution in [0.1, 0.15) is 24.0 Å². The maximum Gasteiger partial charge on any atom is 0.317 e. The van der Waals surface area contributed by atoms with Gasteiger partial charge in [0.05, 0.1) is 18.8 Å². The summed E-state index contributed by atoms with van der Waals surface area (Å²) in [7, 11) is 1.79. The Bertz CT molecular complexity index is 731. The molecule has 1 aromatic carbocycles. The number of urea groups is 1. The van der Waals surface area contributed by atoms with Gasteiger partial charge in [-0.2, -0.15) is 5.10 Å². The number of nitrogens with zero attached hydrogens (tertiary/aromatic N) is 3. The minimum Gasteiger partial charge on any atom is -0.381 e. The molecule has 0 radical (unpaired) electrons. The number of benzene rings is 1. The Kier molecular flexibility index (Phi) is 4.93. The highest BCUT2D eigenvalue weighted by Crippen LogP contribution is 2.38. The van der Waals surface area contributed by atoms with Gasteiger partial charge < -0.3 is 15.0 Å².